The number of halogens is 3. The van der Waals surface area contributed by atoms with Gasteiger partial charge in [-0.15, -0.1) is 0 Å². The fraction of sp³-hybridized carbons (Fsp3) is 0.257. The smallest absolute Gasteiger partial charge is 0.264 e. The lowest BCUT2D eigenvalue weighted by atomic mass is 10.0. The second-order valence-electron chi connectivity index (χ2n) is 12.0. The van der Waals surface area contributed by atoms with Gasteiger partial charge in [0.25, 0.3) is 10.0 Å². The van der Waals surface area contributed by atoms with E-state index in [1.807, 2.05) is 58.0 Å². The van der Waals surface area contributed by atoms with E-state index in [2.05, 4.69) is 21.2 Å². The summed E-state index contributed by atoms with van der Waals surface area (Å²) >= 11 is 16.6. The molecule has 11 heteroatoms. The minimum absolute atomic E-state index is 0.0285. The summed E-state index contributed by atoms with van der Waals surface area (Å²) in [5.41, 5.74) is 1.82. The van der Waals surface area contributed by atoms with E-state index in [1.165, 1.54) is 17.0 Å². The Bertz CT molecular complexity index is 1760. The first-order valence-electron chi connectivity index (χ1n) is 14.6. The van der Waals surface area contributed by atoms with Crippen LogP contribution in [0, 0.1) is 6.92 Å². The molecule has 7 nitrogen and oxygen atoms in total. The maximum absolute atomic E-state index is 14.6. The van der Waals surface area contributed by atoms with Gasteiger partial charge < -0.3 is 10.2 Å². The van der Waals surface area contributed by atoms with Crippen LogP contribution >= 0.6 is 39.1 Å². The van der Waals surface area contributed by atoms with Gasteiger partial charge in [-0.3, -0.25) is 13.9 Å². The summed E-state index contributed by atoms with van der Waals surface area (Å²) in [6, 6.07) is 26.4. The Balaban J connectivity index is 1.85. The third kappa shape index (κ3) is 9.12. The van der Waals surface area contributed by atoms with E-state index < -0.39 is 40.0 Å². The molecule has 0 saturated heterocycles. The van der Waals surface area contributed by atoms with Gasteiger partial charge in [0, 0.05) is 38.6 Å². The molecule has 0 aliphatic carbocycles. The number of carbonyl (C=O) groups is 2. The summed E-state index contributed by atoms with van der Waals surface area (Å²) in [4.78, 5) is 30.0. The van der Waals surface area contributed by atoms with Gasteiger partial charge in [-0.25, -0.2) is 8.42 Å². The van der Waals surface area contributed by atoms with Crippen molar-refractivity contribution in [1.29, 1.82) is 0 Å². The average Bonchev–Trinajstić information content (AvgIpc) is 2.99. The molecule has 1 unspecified atom stereocenters. The van der Waals surface area contributed by atoms with Crippen LogP contribution in [0.25, 0.3) is 0 Å². The zero-order valence-corrected chi connectivity index (χ0v) is 29.9. The van der Waals surface area contributed by atoms with Crippen LogP contribution in [0.3, 0.4) is 0 Å². The molecule has 1 atom stereocenters. The highest BCUT2D eigenvalue weighted by atomic mass is 79.9. The van der Waals surface area contributed by atoms with Crippen LogP contribution in [-0.4, -0.2) is 43.3 Å². The highest BCUT2D eigenvalue weighted by Crippen LogP contribution is 2.30. The maximum atomic E-state index is 14.6. The summed E-state index contributed by atoms with van der Waals surface area (Å²) < 4.78 is 30.1. The number of hydrogen-bond donors (Lipinski definition) is 1. The van der Waals surface area contributed by atoms with E-state index in [9.17, 15) is 18.0 Å². The number of hydrogen-bond acceptors (Lipinski definition) is 4. The normalized spacial score (nSPS) is 12.3. The quantitative estimate of drug-likeness (QED) is 0.170. The van der Waals surface area contributed by atoms with Crippen molar-refractivity contribution in [1.82, 2.24) is 10.2 Å². The number of nitrogens with one attached hydrogen (secondary N) is 1. The van der Waals surface area contributed by atoms with Gasteiger partial charge in [-0.1, -0.05) is 93.2 Å². The van der Waals surface area contributed by atoms with Gasteiger partial charge in [-0.2, -0.15) is 0 Å². The molecule has 0 aromatic heterocycles. The molecule has 4 aromatic rings. The van der Waals surface area contributed by atoms with Crippen molar-refractivity contribution in [3.63, 3.8) is 0 Å². The number of carbonyl (C=O) groups excluding carboxylic acids is 2. The Morgan fingerprint density at radius 1 is 0.848 bits per heavy atom. The molecule has 0 radical (unpaired) electrons. The molecule has 2 amide bonds. The van der Waals surface area contributed by atoms with Crippen molar-refractivity contribution >= 4 is 66.7 Å². The van der Waals surface area contributed by atoms with Gasteiger partial charge >= 0.3 is 0 Å². The van der Waals surface area contributed by atoms with Crippen LogP contribution in [-0.2, 0) is 32.6 Å². The molecule has 0 spiro atoms. The number of sulfonamides is 1. The van der Waals surface area contributed by atoms with E-state index >= 15 is 0 Å². The van der Waals surface area contributed by atoms with Crippen LogP contribution in [0.1, 0.15) is 37.5 Å². The minimum Gasteiger partial charge on any atom is -0.350 e. The molecule has 0 aliphatic rings. The molecule has 0 saturated carbocycles. The minimum atomic E-state index is -4.22. The van der Waals surface area contributed by atoms with Crippen LogP contribution in [0.4, 0.5) is 5.69 Å². The summed E-state index contributed by atoms with van der Waals surface area (Å²) in [5, 5.41) is 3.64. The largest absolute Gasteiger partial charge is 0.350 e. The molecule has 4 rings (SSSR count). The summed E-state index contributed by atoms with van der Waals surface area (Å²) in [6.45, 7) is 6.69. The fourth-order valence-corrected chi connectivity index (χ4v) is 7.03. The topological polar surface area (TPSA) is 86.8 Å². The maximum Gasteiger partial charge on any atom is 0.264 e. The first-order chi connectivity index (χ1) is 21.7. The molecule has 0 bridgehead atoms. The predicted octanol–water partition coefficient (Wildman–Crippen LogP) is 7.81. The Morgan fingerprint density at radius 2 is 1.43 bits per heavy atom. The Hall–Kier alpha value is -3.37. The molecule has 1 N–H and O–H groups in total. The van der Waals surface area contributed by atoms with Crippen molar-refractivity contribution in [2.75, 3.05) is 10.8 Å². The SMILES string of the molecule is Cc1ccc(S(=O)(=O)N(CC(=O)N(Cc2c(Cl)cccc2Cl)C(Cc2ccccc2)C(=O)NC(C)(C)C)c2ccc(Br)cc2)cc1. The number of benzene rings is 4. The van der Waals surface area contributed by atoms with Crippen molar-refractivity contribution in [2.24, 2.45) is 0 Å². The lowest BCUT2D eigenvalue weighted by molar-refractivity contribution is -0.140. The van der Waals surface area contributed by atoms with Gasteiger partial charge in [0.05, 0.1) is 10.6 Å². The lowest BCUT2D eigenvalue weighted by Crippen LogP contribution is -2.56. The molecule has 0 fully saturated rings. The fourth-order valence-electron chi connectivity index (χ4n) is 4.83. The summed E-state index contributed by atoms with van der Waals surface area (Å²) in [5.74, 6) is -1.01. The van der Waals surface area contributed by atoms with Gasteiger partial charge in [-0.05, 0) is 81.8 Å². The molecule has 4 aromatic carbocycles. The van der Waals surface area contributed by atoms with E-state index in [4.69, 9.17) is 23.2 Å². The Labute approximate surface area is 289 Å². The molecular weight excluding hydrogens is 709 g/mol. The second-order valence-corrected chi connectivity index (χ2v) is 15.6. The standard InChI is InChI=1S/C35H36BrCl2N3O4S/c1-24-13-19-28(20-14-24)46(44,45)41(27-17-15-26(36)16-18-27)23-33(42)40(22-29-30(37)11-8-12-31(29)38)32(34(43)39-35(2,3)4)21-25-9-6-5-7-10-25/h5-20,32H,21-23H2,1-4H3,(H,39,43). The van der Waals surface area contributed by atoms with Crippen molar-refractivity contribution in [3.05, 3.63) is 128 Å². The second kappa shape index (κ2) is 15.0. The zero-order valence-electron chi connectivity index (χ0n) is 26.0. The van der Waals surface area contributed by atoms with Crippen molar-refractivity contribution in [3.8, 4) is 0 Å². The zero-order chi connectivity index (χ0) is 33.6. The lowest BCUT2D eigenvalue weighted by Gasteiger charge is -2.35. The first-order valence-corrected chi connectivity index (χ1v) is 17.6. The molecule has 0 aliphatic heterocycles. The third-order valence-corrected chi connectivity index (χ3v) is 10.2. The summed E-state index contributed by atoms with van der Waals surface area (Å²) in [7, 11) is -4.22. The number of nitrogens with zero attached hydrogens (tertiary/aromatic N) is 2. The molecule has 242 valence electrons. The van der Waals surface area contributed by atoms with Crippen LogP contribution < -0.4 is 9.62 Å². The third-order valence-electron chi connectivity index (χ3n) is 7.16. The molecular formula is C35H36BrCl2N3O4S. The highest BCUT2D eigenvalue weighted by Gasteiger charge is 2.36. The van der Waals surface area contributed by atoms with Crippen LogP contribution in [0.2, 0.25) is 10.0 Å². The molecule has 46 heavy (non-hydrogen) atoms. The highest BCUT2D eigenvalue weighted by molar-refractivity contribution is 9.10. The van der Waals surface area contributed by atoms with E-state index in [-0.39, 0.29) is 23.5 Å². The number of aryl methyl sites for hydroxylation is 1. The Kier molecular flexibility index (Phi) is 11.6. The molecule has 0 heterocycles. The summed E-state index contributed by atoms with van der Waals surface area (Å²) in [6.07, 6.45) is 0.166. The van der Waals surface area contributed by atoms with Crippen LogP contribution in [0.15, 0.2) is 106 Å². The van der Waals surface area contributed by atoms with Crippen molar-refractivity contribution < 1.29 is 18.0 Å². The predicted molar refractivity (Wildman–Crippen MR) is 189 cm³/mol. The Morgan fingerprint density at radius 3 is 2.00 bits per heavy atom. The van der Waals surface area contributed by atoms with Gasteiger partial charge in [0.1, 0.15) is 12.6 Å². The van der Waals surface area contributed by atoms with Gasteiger partial charge in [0.2, 0.25) is 11.8 Å². The van der Waals surface area contributed by atoms with Crippen LogP contribution in [0.5, 0.6) is 0 Å². The van der Waals surface area contributed by atoms with Crippen molar-refractivity contribution in [2.45, 2.75) is 57.1 Å². The number of amides is 2. The number of rotatable bonds is 11. The average molecular weight is 746 g/mol. The van der Waals surface area contributed by atoms with E-state index in [1.54, 1.807) is 54.6 Å². The number of anilines is 1. The first kappa shape index (κ1) is 35.5. The van der Waals surface area contributed by atoms with E-state index in [0.29, 0.717) is 15.6 Å². The van der Waals surface area contributed by atoms with Gasteiger partial charge in [0.15, 0.2) is 0 Å². The monoisotopic (exact) mass is 743 g/mol. The van der Waals surface area contributed by atoms with E-state index in [0.717, 1.165) is 19.9 Å².